The molecule has 2 heterocycles. The summed E-state index contributed by atoms with van der Waals surface area (Å²) in [7, 11) is 0. The second-order valence-electron chi connectivity index (χ2n) is 5.55. The van der Waals surface area contributed by atoms with E-state index < -0.39 is 0 Å². The van der Waals surface area contributed by atoms with Gasteiger partial charge < -0.3 is 15.0 Å². The SMILES string of the molecule is CCOc1ccccc1N1CCN(CC(=O)Nc2nccs2)CC1. The number of hydrogen-bond donors (Lipinski definition) is 1. The average Bonchev–Trinajstić information content (AvgIpc) is 3.09. The third-order valence-electron chi connectivity index (χ3n) is 3.92. The van der Waals surface area contributed by atoms with E-state index in [0.29, 0.717) is 18.3 Å². The normalized spacial score (nSPS) is 15.3. The molecule has 1 amide bonds. The molecule has 1 aliphatic heterocycles. The molecule has 0 saturated carbocycles. The standard InChI is InChI=1S/C17H22N4O2S/c1-2-23-15-6-4-3-5-14(15)21-10-8-20(9-11-21)13-16(22)19-17-18-7-12-24-17/h3-7,12H,2,8-11,13H2,1H3,(H,18,19,22). The molecule has 0 atom stereocenters. The Kier molecular flexibility index (Phi) is 5.66. The van der Waals surface area contributed by atoms with Gasteiger partial charge in [-0.1, -0.05) is 12.1 Å². The second-order valence-corrected chi connectivity index (χ2v) is 6.44. The van der Waals surface area contributed by atoms with Gasteiger partial charge in [0.05, 0.1) is 18.8 Å². The minimum Gasteiger partial charge on any atom is -0.492 e. The Morgan fingerprint density at radius 3 is 2.79 bits per heavy atom. The monoisotopic (exact) mass is 346 g/mol. The van der Waals surface area contributed by atoms with Crippen LogP contribution in [-0.4, -0.2) is 55.1 Å². The molecule has 1 aromatic heterocycles. The lowest BCUT2D eigenvalue weighted by atomic mass is 10.2. The number of thiazole rings is 1. The van der Waals surface area contributed by atoms with Crippen LogP contribution in [0.1, 0.15) is 6.92 Å². The highest BCUT2D eigenvalue weighted by molar-refractivity contribution is 7.13. The molecule has 0 spiro atoms. The number of rotatable bonds is 6. The summed E-state index contributed by atoms with van der Waals surface area (Å²) in [6.45, 7) is 6.53. The van der Waals surface area contributed by atoms with E-state index in [9.17, 15) is 4.79 Å². The van der Waals surface area contributed by atoms with E-state index in [1.165, 1.54) is 11.3 Å². The minimum absolute atomic E-state index is 0.00637. The molecule has 1 fully saturated rings. The third kappa shape index (κ3) is 4.24. The molecule has 2 aromatic rings. The van der Waals surface area contributed by atoms with E-state index in [1.807, 2.05) is 30.5 Å². The van der Waals surface area contributed by atoms with Crippen LogP contribution >= 0.6 is 11.3 Å². The Hall–Kier alpha value is -2.12. The number of hydrogen-bond acceptors (Lipinski definition) is 6. The zero-order valence-corrected chi connectivity index (χ0v) is 14.6. The Bertz CT molecular complexity index is 654. The summed E-state index contributed by atoms with van der Waals surface area (Å²) in [6, 6.07) is 8.13. The van der Waals surface area contributed by atoms with Gasteiger partial charge in [0, 0.05) is 37.8 Å². The number of nitrogens with zero attached hydrogens (tertiary/aromatic N) is 3. The van der Waals surface area contributed by atoms with Gasteiger partial charge in [-0.2, -0.15) is 0 Å². The number of carbonyl (C=O) groups is 1. The fourth-order valence-electron chi connectivity index (χ4n) is 2.79. The molecule has 6 nitrogen and oxygen atoms in total. The van der Waals surface area contributed by atoms with Crippen molar-refractivity contribution in [2.75, 3.05) is 49.5 Å². The van der Waals surface area contributed by atoms with E-state index in [0.717, 1.165) is 37.6 Å². The van der Waals surface area contributed by atoms with Crippen molar-refractivity contribution in [2.45, 2.75) is 6.92 Å². The number of carbonyl (C=O) groups excluding carboxylic acids is 1. The quantitative estimate of drug-likeness (QED) is 0.870. The van der Waals surface area contributed by atoms with Crippen molar-refractivity contribution < 1.29 is 9.53 Å². The second kappa shape index (κ2) is 8.12. The van der Waals surface area contributed by atoms with Crippen molar-refractivity contribution in [1.82, 2.24) is 9.88 Å². The van der Waals surface area contributed by atoms with Crippen LogP contribution in [0.15, 0.2) is 35.8 Å². The van der Waals surface area contributed by atoms with Crippen molar-refractivity contribution in [3.05, 3.63) is 35.8 Å². The van der Waals surface area contributed by atoms with Crippen molar-refractivity contribution in [1.29, 1.82) is 0 Å². The minimum atomic E-state index is -0.00637. The molecule has 128 valence electrons. The summed E-state index contributed by atoms with van der Waals surface area (Å²) in [5.41, 5.74) is 1.13. The van der Waals surface area contributed by atoms with Crippen LogP contribution in [0.4, 0.5) is 10.8 Å². The topological polar surface area (TPSA) is 57.7 Å². The fraction of sp³-hybridized carbons (Fsp3) is 0.412. The zero-order chi connectivity index (χ0) is 16.8. The lowest BCUT2D eigenvalue weighted by Gasteiger charge is -2.36. The molecule has 1 saturated heterocycles. The number of amides is 1. The highest BCUT2D eigenvalue weighted by Gasteiger charge is 2.21. The van der Waals surface area contributed by atoms with Gasteiger partial charge in [0.15, 0.2) is 5.13 Å². The molecule has 0 aliphatic carbocycles. The maximum atomic E-state index is 12.0. The van der Waals surface area contributed by atoms with Crippen LogP contribution in [0.2, 0.25) is 0 Å². The van der Waals surface area contributed by atoms with Crippen LogP contribution < -0.4 is 15.0 Å². The molecule has 0 bridgehead atoms. The number of para-hydroxylation sites is 2. The van der Waals surface area contributed by atoms with Gasteiger partial charge in [-0.15, -0.1) is 11.3 Å². The van der Waals surface area contributed by atoms with Crippen molar-refractivity contribution in [2.24, 2.45) is 0 Å². The first-order valence-electron chi connectivity index (χ1n) is 8.14. The van der Waals surface area contributed by atoms with E-state index in [1.54, 1.807) is 6.20 Å². The first-order chi connectivity index (χ1) is 11.8. The van der Waals surface area contributed by atoms with Gasteiger partial charge >= 0.3 is 0 Å². The maximum Gasteiger partial charge on any atom is 0.240 e. The molecule has 1 aliphatic rings. The van der Waals surface area contributed by atoms with Crippen LogP contribution in [0.3, 0.4) is 0 Å². The van der Waals surface area contributed by atoms with Gasteiger partial charge in [0.2, 0.25) is 5.91 Å². The van der Waals surface area contributed by atoms with Gasteiger partial charge in [-0.05, 0) is 19.1 Å². The summed E-state index contributed by atoms with van der Waals surface area (Å²) in [4.78, 5) is 20.6. The highest BCUT2D eigenvalue weighted by atomic mass is 32.1. The molecular weight excluding hydrogens is 324 g/mol. The lowest BCUT2D eigenvalue weighted by Crippen LogP contribution is -2.48. The van der Waals surface area contributed by atoms with Gasteiger partial charge in [-0.25, -0.2) is 4.98 Å². The Balaban J connectivity index is 1.51. The number of nitrogens with one attached hydrogen (secondary N) is 1. The van der Waals surface area contributed by atoms with E-state index >= 15 is 0 Å². The van der Waals surface area contributed by atoms with Gasteiger partial charge in [-0.3, -0.25) is 9.69 Å². The predicted octanol–water partition coefficient (Wildman–Crippen LogP) is 2.30. The highest BCUT2D eigenvalue weighted by Crippen LogP contribution is 2.28. The van der Waals surface area contributed by atoms with Gasteiger partial charge in [0.1, 0.15) is 5.75 Å². The number of aromatic nitrogens is 1. The molecule has 3 rings (SSSR count). The van der Waals surface area contributed by atoms with E-state index in [4.69, 9.17) is 4.74 Å². The zero-order valence-electron chi connectivity index (χ0n) is 13.8. The summed E-state index contributed by atoms with van der Waals surface area (Å²) < 4.78 is 5.72. The van der Waals surface area contributed by atoms with Crippen molar-refractivity contribution >= 4 is 28.1 Å². The van der Waals surface area contributed by atoms with E-state index in [2.05, 4.69) is 26.2 Å². The van der Waals surface area contributed by atoms with Crippen LogP contribution in [-0.2, 0) is 4.79 Å². The number of ether oxygens (including phenoxy) is 1. The number of anilines is 2. The fourth-order valence-corrected chi connectivity index (χ4v) is 3.34. The maximum absolute atomic E-state index is 12.0. The Morgan fingerprint density at radius 2 is 2.08 bits per heavy atom. The summed E-state index contributed by atoms with van der Waals surface area (Å²) in [5.74, 6) is 0.920. The lowest BCUT2D eigenvalue weighted by molar-refractivity contribution is -0.117. The summed E-state index contributed by atoms with van der Waals surface area (Å²) in [6.07, 6.45) is 1.69. The summed E-state index contributed by atoms with van der Waals surface area (Å²) >= 11 is 1.43. The first-order valence-corrected chi connectivity index (χ1v) is 9.02. The van der Waals surface area contributed by atoms with E-state index in [-0.39, 0.29) is 5.91 Å². The molecule has 7 heteroatoms. The third-order valence-corrected chi connectivity index (χ3v) is 4.61. The molecule has 24 heavy (non-hydrogen) atoms. The number of benzene rings is 1. The Morgan fingerprint density at radius 1 is 1.29 bits per heavy atom. The average molecular weight is 346 g/mol. The number of piperazine rings is 1. The largest absolute Gasteiger partial charge is 0.492 e. The first kappa shape index (κ1) is 16.7. The van der Waals surface area contributed by atoms with Crippen molar-refractivity contribution in [3.8, 4) is 5.75 Å². The summed E-state index contributed by atoms with van der Waals surface area (Å²) in [5, 5.41) is 5.34. The molecule has 1 aromatic carbocycles. The smallest absolute Gasteiger partial charge is 0.240 e. The van der Waals surface area contributed by atoms with Crippen LogP contribution in [0, 0.1) is 0 Å². The molecular formula is C17H22N4O2S. The van der Waals surface area contributed by atoms with Crippen molar-refractivity contribution in [3.63, 3.8) is 0 Å². The predicted molar refractivity (Wildman–Crippen MR) is 97.0 cm³/mol. The van der Waals surface area contributed by atoms with Crippen LogP contribution in [0.5, 0.6) is 5.75 Å². The van der Waals surface area contributed by atoms with Gasteiger partial charge in [0.25, 0.3) is 0 Å². The Labute approximate surface area is 146 Å². The van der Waals surface area contributed by atoms with Crippen LogP contribution in [0.25, 0.3) is 0 Å². The molecule has 1 N–H and O–H groups in total. The molecule has 0 unspecified atom stereocenters. The molecule has 0 radical (unpaired) electrons.